The molecule has 2 N–H and O–H groups in total. The first-order valence-electron chi connectivity index (χ1n) is 4.45. The second kappa shape index (κ2) is 2.29. The van der Waals surface area contributed by atoms with Crippen LogP contribution in [0.2, 0.25) is 0 Å². The van der Waals surface area contributed by atoms with Crippen LogP contribution in [0, 0.1) is 0 Å². The molecule has 0 spiro atoms. The van der Waals surface area contributed by atoms with Crippen LogP contribution in [0.4, 0.5) is 5.95 Å². The van der Waals surface area contributed by atoms with Gasteiger partial charge in [0.2, 0.25) is 5.95 Å². The second-order valence-electron chi connectivity index (χ2n) is 3.39. The Hall–Kier alpha value is -1.97. The summed E-state index contributed by atoms with van der Waals surface area (Å²) in [6, 6.07) is 6.03. The number of nitrogens with zero attached hydrogens (tertiary/aromatic N) is 3. The third kappa shape index (κ3) is 0.750. The van der Waals surface area contributed by atoms with Gasteiger partial charge in [-0.15, -0.1) is 0 Å². The minimum atomic E-state index is 0.557. The minimum absolute atomic E-state index is 0.557. The van der Waals surface area contributed by atoms with Crippen LogP contribution < -0.4 is 5.73 Å². The van der Waals surface area contributed by atoms with E-state index in [1.807, 2.05) is 42.2 Å². The zero-order chi connectivity index (χ0) is 9.71. The quantitative estimate of drug-likeness (QED) is 0.577. The highest BCUT2D eigenvalue weighted by Gasteiger charge is 2.09. The average Bonchev–Trinajstić information content (AvgIpc) is 2.67. The van der Waals surface area contributed by atoms with E-state index in [1.165, 1.54) is 0 Å². The molecule has 0 aliphatic carbocycles. The van der Waals surface area contributed by atoms with Crippen LogP contribution in [0.1, 0.15) is 0 Å². The molecule has 4 nitrogen and oxygen atoms in total. The minimum Gasteiger partial charge on any atom is -0.369 e. The van der Waals surface area contributed by atoms with Gasteiger partial charge in [0.1, 0.15) is 5.52 Å². The van der Waals surface area contributed by atoms with Crippen LogP contribution in [0.3, 0.4) is 0 Å². The lowest BCUT2D eigenvalue weighted by molar-refractivity contribution is 0.959. The van der Waals surface area contributed by atoms with E-state index in [-0.39, 0.29) is 0 Å². The number of anilines is 1. The number of aromatic nitrogens is 3. The number of fused-ring (bicyclic) bond motifs is 3. The van der Waals surface area contributed by atoms with Gasteiger partial charge in [-0.3, -0.25) is 0 Å². The van der Waals surface area contributed by atoms with Crippen LogP contribution in [-0.4, -0.2) is 14.0 Å². The SMILES string of the molecule is Cn1c(N)nc2c1cn1ccccc21. The molecule has 0 bridgehead atoms. The Kier molecular flexibility index (Phi) is 1.21. The second-order valence-corrected chi connectivity index (χ2v) is 3.39. The number of nitrogen functional groups attached to an aromatic ring is 1. The van der Waals surface area contributed by atoms with Crippen molar-refractivity contribution in [3.8, 4) is 0 Å². The number of imidazole rings is 1. The van der Waals surface area contributed by atoms with Crippen LogP contribution >= 0.6 is 0 Å². The predicted octanol–water partition coefficient (Wildman–Crippen LogP) is 1.41. The van der Waals surface area contributed by atoms with Crippen molar-refractivity contribution < 1.29 is 0 Å². The summed E-state index contributed by atoms with van der Waals surface area (Å²) in [6.07, 6.45) is 4.04. The number of pyridine rings is 1. The molecule has 0 fully saturated rings. The van der Waals surface area contributed by atoms with Crippen molar-refractivity contribution in [3.05, 3.63) is 30.6 Å². The first-order valence-corrected chi connectivity index (χ1v) is 4.45. The van der Waals surface area contributed by atoms with Gasteiger partial charge in [-0.05, 0) is 12.1 Å². The lowest BCUT2D eigenvalue weighted by atomic mass is 10.4. The van der Waals surface area contributed by atoms with E-state index in [2.05, 4.69) is 9.38 Å². The molecule has 0 amide bonds. The summed E-state index contributed by atoms with van der Waals surface area (Å²) in [5.41, 5.74) is 8.85. The summed E-state index contributed by atoms with van der Waals surface area (Å²) in [5, 5.41) is 0. The molecule has 3 heterocycles. The van der Waals surface area contributed by atoms with Crippen molar-refractivity contribution in [3.63, 3.8) is 0 Å². The lowest BCUT2D eigenvalue weighted by Crippen LogP contribution is -1.96. The molecule has 3 rings (SSSR count). The molecule has 14 heavy (non-hydrogen) atoms. The molecule has 0 atom stereocenters. The number of rotatable bonds is 0. The highest BCUT2D eigenvalue weighted by atomic mass is 15.1. The van der Waals surface area contributed by atoms with Crippen molar-refractivity contribution in [1.82, 2.24) is 14.0 Å². The average molecular weight is 186 g/mol. The van der Waals surface area contributed by atoms with Gasteiger partial charge in [-0.2, -0.15) is 0 Å². The first-order chi connectivity index (χ1) is 6.77. The van der Waals surface area contributed by atoms with Gasteiger partial charge < -0.3 is 14.7 Å². The summed E-state index contributed by atoms with van der Waals surface area (Å²) in [7, 11) is 1.92. The van der Waals surface area contributed by atoms with Gasteiger partial charge in [-0.25, -0.2) is 4.98 Å². The Morgan fingerprint density at radius 3 is 3.00 bits per heavy atom. The molecular formula is C10H10N4. The molecule has 0 aliphatic heterocycles. The van der Waals surface area contributed by atoms with Crippen LogP contribution in [0.5, 0.6) is 0 Å². The van der Waals surface area contributed by atoms with E-state index in [4.69, 9.17) is 5.73 Å². The molecule has 0 aliphatic rings. The van der Waals surface area contributed by atoms with Gasteiger partial charge in [-0.1, -0.05) is 6.07 Å². The summed E-state index contributed by atoms with van der Waals surface area (Å²) >= 11 is 0. The van der Waals surface area contributed by atoms with Crippen molar-refractivity contribution in [2.75, 3.05) is 5.73 Å². The highest BCUT2D eigenvalue weighted by molar-refractivity contribution is 5.93. The zero-order valence-electron chi connectivity index (χ0n) is 7.81. The van der Waals surface area contributed by atoms with Gasteiger partial charge >= 0.3 is 0 Å². The topological polar surface area (TPSA) is 48.2 Å². The van der Waals surface area contributed by atoms with Crippen molar-refractivity contribution in [2.24, 2.45) is 7.05 Å². The van der Waals surface area contributed by atoms with Gasteiger partial charge in [0, 0.05) is 19.4 Å². The fourth-order valence-corrected chi connectivity index (χ4v) is 1.77. The van der Waals surface area contributed by atoms with E-state index in [9.17, 15) is 0 Å². The molecule has 70 valence electrons. The smallest absolute Gasteiger partial charge is 0.201 e. The number of aryl methyl sites for hydroxylation is 1. The third-order valence-electron chi connectivity index (χ3n) is 2.57. The van der Waals surface area contributed by atoms with Crippen LogP contribution in [0.25, 0.3) is 16.6 Å². The van der Waals surface area contributed by atoms with Crippen molar-refractivity contribution >= 4 is 22.5 Å². The molecule has 3 aromatic rings. The largest absolute Gasteiger partial charge is 0.369 e. The maximum absolute atomic E-state index is 5.73. The fraction of sp³-hybridized carbons (Fsp3) is 0.100. The molecular weight excluding hydrogens is 176 g/mol. The van der Waals surface area contributed by atoms with E-state index < -0.39 is 0 Å². The monoisotopic (exact) mass is 186 g/mol. The van der Waals surface area contributed by atoms with Crippen LogP contribution in [-0.2, 0) is 7.05 Å². The molecule has 3 aromatic heterocycles. The summed E-state index contributed by atoms with van der Waals surface area (Å²) < 4.78 is 3.94. The molecule has 0 saturated heterocycles. The third-order valence-corrected chi connectivity index (χ3v) is 2.57. The summed E-state index contributed by atoms with van der Waals surface area (Å²) in [4.78, 5) is 4.32. The fourth-order valence-electron chi connectivity index (χ4n) is 1.77. The molecule has 0 unspecified atom stereocenters. The molecule has 0 saturated carbocycles. The number of hydrogen-bond acceptors (Lipinski definition) is 2. The van der Waals surface area contributed by atoms with Crippen molar-refractivity contribution in [1.29, 1.82) is 0 Å². The Labute approximate surface area is 80.6 Å². The Morgan fingerprint density at radius 1 is 1.29 bits per heavy atom. The lowest BCUT2D eigenvalue weighted by Gasteiger charge is -1.93. The first kappa shape index (κ1) is 7.44. The Bertz CT molecular complexity index is 617. The standard InChI is InChI=1S/C10H10N4/c1-13-8-6-14-5-3-2-4-7(14)9(8)12-10(13)11/h2-6H,1H3,(H2,11,12). The Morgan fingerprint density at radius 2 is 2.14 bits per heavy atom. The van der Waals surface area contributed by atoms with E-state index >= 15 is 0 Å². The number of nitrogens with two attached hydrogens (primary N) is 1. The van der Waals surface area contributed by atoms with Gasteiger partial charge in [0.05, 0.1) is 11.0 Å². The summed E-state index contributed by atoms with van der Waals surface area (Å²) in [6.45, 7) is 0. The van der Waals surface area contributed by atoms with Gasteiger partial charge in [0.25, 0.3) is 0 Å². The van der Waals surface area contributed by atoms with E-state index in [0.717, 1.165) is 16.6 Å². The summed E-state index contributed by atoms with van der Waals surface area (Å²) in [5.74, 6) is 0.557. The highest BCUT2D eigenvalue weighted by Crippen LogP contribution is 2.22. The normalized spacial score (nSPS) is 11.5. The predicted molar refractivity (Wildman–Crippen MR) is 56.1 cm³/mol. The Balaban J connectivity index is 2.60. The molecule has 0 radical (unpaired) electrons. The maximum atomic E-state index is 5.73. The van der Waals surface area contributed by atoms with Crippen molar-refractivity contribution in [2.45, 2.75) is 0 Å². The zero-order valence-corrected chi connectivity index (χ0v) is 7.81. The maximum Gasteiger partial charge on any atom is 0.201 e. The molecule has 0 aromatic carbocycles. The number of hydrogen-bond donors (Lipinski definition) is 1. The van der Waals surface area contributed by atoms with E-state index in [0.29, 0.717) is 5.95 Å². The molecule has 4 heteroatoms. The van der Waals surface area contributed by atoms with Gasteiger partial charge in [0.15, 0.2) is 0 Å². The van der Waals surface area contributed by atoms with Crippen LogP contribution in [0.15, 0.2) is 30.6 Å². The van der Waals surface area contributed by atoms with E-state index in [1.54, 1.807) is 0 Å².